The summed E-state index contributed by atoms with van der Waals surface area (Å²) in [6.45, 7) is 2.10. The predicted molar refractivity (Wildman–Crippen MR) is 81.7 cm³/mol. The van der Waals surface area contributed by atoms with Crippen LogP contribution in [0.15, 0.2) is 65.2 Å². The minimum atomic E-state index is 0.698. The van der Waals surface area contributed by atoms with Gasteiger partial charge in [0.25, 0.3) is 0 Å². The van der Waals surface area contributed by atoms with Crippen molar-refractivity contribution < 1.29 is 4.42 Å². The number of aryl methyl sites for hydroxylation is 1. The van der Waals surface area contributed by atoms with E-state index in [4.69, 9.17) is 4.42 Å². The molecule has 2 heteroatoms. The summed E-state index contributed by atoms with van der Waals surface area (Å²) < 4.78 is 5.83. The number of benzene rings is 2. The van der Waals surface area contributed by atoms with Crippen molar-refractivity contribution in [1.29, 1.82) is 0 Å². The average Bonchev–Trinajstić information content (AvgIpc) is 2.85. The molecular weight excluding hydrogens is 246 g/mol. The molecule has 0 spiro atoms. The average molecular weight is 259 g/mol. The van der Waals surface area contributed by atoms with E-state index in [-0.39, 0.29) is 0 Å². The predicted octanol–water partition coefficient (Wildman–Crippen LogP) is 4.96. The molecule has 2 aromatic heterocycles. The molecule has 0 unspecified atom stereocenters. The van der Waals surface area contributed by atoms with E-state index in [1.165, 1.54) is 11.1 Å². The van der Waals surface area contributed by atoms with Crippen molar-refractivity contribution in [1.82, 2.24) is 4.98 Å². The molecule has 2 nitrogen and oxygen atoms in total. The van der Waals surface area contributed by atoms with Gasteiger partial charge in [0.05, 0.1) is 0 Å². The van der Waals surface area contributed by atoms with E-state index in [2.05, 4.69) is 54.4 Å². The summed E-state index contributed by atoms with van der Waals surface area (Å²) in [5, 5.41) is 2.18. The van der Waals surface area contributed by atoms with E-state index in [0.29, 0.717) is 5.71 Å². The zero-order valence-corrected chi connectivity index (χ0v) is 11.1. The summed E-state index contributed by atoms with van der Waals surface area (Å²) >= 11 is 0. The van der Waals surface area contributed by atoms with Crippen LogP contribution < -0.4 is 0 Å². The zero-order chi connectivity index (χ0) is 13.5. The van der Waals surface area contributed by atoms with Crippen molar-refractivity contribution in [3.8, 4) is 11.1 Å². The maximum Gasteiger partial charge on any atom is 0.227 e. The highest BCUT2D eigenvalue weighted by Gasteiger charge is 2.08. The van der Waals surface area contributed by atoms with E-state index < -0.39 is 0 Å². The van der Waals surface area contributed by atoms with E-state index in [1.54, 1.807) is 6.20 Å². The second kappa shape index (κ2) is 4.20. The van der Waals surface area contributed by atoms with Gasteiger partial charge in [-0.3, -0.25) is 0 Å². The van der Waals surface area contributed by atoms with Crippen LogP contribution in [0.1, 0.15) is 5.56 Å². The lowest BCUT2D eigenvalue weighted by atomic mass is 10.0. The first-order valence-electron chi connectivity index (χ1n) is 6.65. The lowest BCUT2D eigenvalue weighted by Crippen LogP contribution is -1.78. The lowest BCUT2D eigenvalue weighted by Gasteiger charge is -2.02. The molecule has 4 aromatic rings. The molecule has 0 bridgehead atoms. The van der Waals surface area contributed by atoms with Crippen molar-refractivity contribution in [2.45, 2.75) is 6.92 Å². The van der Waals surface area contributed by atoms with Gasteiger partial charge in [0.1, 0.15) is 5.58 Å². The normalized spacial score (nSPS) is 11.2. The van der Waals surface area contributed by atoms with Gasteiger partial charge in [-0.1, -0.05) is 35.9 Å². The third-order valence-corrected chi connectivity index (χ3v) is 3.63. The molecule has 0 aliphatic carbocycles. The van der Waals surface area contributed by atoms with Crippen LogP contribution in [0.5, 0.6) is 0 Å². The Morgan fingerprint density at radius 3 is 2.50 bits per heavy atom. The Morgan fingerprint density at radius 2 is 1.65 bits per heavy atom. The Kier molecular flexibility index (Phi) is 2.36. The third-order valence-electron chi connectivity index (χ3n) is 3.63. The Labute approximate surface area is 116 Å². The molecule has 0 saturated carbocycles. The molecule has 20 heavy (non-hydrogen) atoms. The highest BCUT2D eigenvalue weighted by Crippen LogP contribution is 2.31. The number of fused-ring (bicyclic) bond motifs is 3. The Morgan fingerprint density at radius 1 is 0.850 bits per heavy atom. The van der Waals surface area contributed by atoms with Gasteiger partial charge in [-0.25, -0.2) is 4.98 Å². The van der Waals surface area contributed by atoms with Crippen molar-refractivity contribution in [3.05, 3.63) is 66.4 Å². The molecule has 0 N–H and O–H groups in total. The zero-order valence-electron chi connectivity index (χ0n) is 11.1. The number of hydrogen-bond acceptors (Lipinski definition) is 2. The summed E-state index contributed by atoms with van der Waals surface area (Å²) in [7, 11) is 0. The number of rotatable bonds is 1. The van der Waals surface area contributed by atoms with E-state index in [0.717, 1.165) is 21.9 Å². The molecule has 96 valence electrons. The van der Waals surface area contributed by atoms with Gasteiger partial charge in [-0.2, -0.15) is 0 Å². The van der Waals surface area contributed by atoms with Crippen molar-refractivity contribution >= 4 is 22.1 Å². The molecule has 0 aliphatic heterocycles. The number of pyridine rings is 1. The first-order chi connectivity index (χ1) is 9.81. The number of furan rings is 1. The van der Waals surface area contributed by atoms with Crippen LogP contribution in [0.4, 0.5) is 0 Å². The van der Waals surface area contributed by atoms with Gasteiger partial charge in [0, 0.05) is 17.0 Å². The van der Waals surface area contributed by atoms with E-state index in [9.17, 15) is 0 Å². The minimum Gasteiger partial charge on any atom is -0.438 e. The highest BCUT2D eigenvalue weighted by atomic mass is 16.3. The second-order valence-corrected chi connectivity index (χ2v) is 5.04. The fraction of sp³-hybridized carbons (Fsp3) is 0.0556. The van der Waals surface area contributed by atoms with Crippen LogP contribution >= 0.6 is 0 Å². The van der Waals surface area contributed by atoms with Crippen LogP contribution in [0.3, 0.4) is 0 Å². The molecule has 0 fully saturated rings. The van der Waals surface area contributed by atoms with Crippen LogP contribution in [0.25, 0.3) is 33.2 Å². The fourth-order valence-electron chi connectivity index (χ4n) is 2.54. The number of nitrogens with zero attached hydrogens (tertiary/aromatic N) is 1. The fourth-order valence-corrected chi connectivity index (χ4v) is 2.54. The third kappa shape index (κ3) is 1.69. The standard InChI is InChI=1S/C18H13NO/c1-12-4-6-13(7-5-12)14-8-9-15-16-3-2-10-19-18(16)20-17(15)11-14/h2-11H,1H3. The smallest absolute Gasteiger partial charge is 0.227 e. The van der Waals surface area contributed by atoms with Crippen LogP contribution in [0, 0.1) is 6.92 Å². The maximum atomic E-state index is 5.83. The molecule has 0 amide bonds. The summed E-state index contributed by atoms with van der Waals surface area (Å²) in [5.41, 5.74) is 5.21. The van der Waals surface area contributed by atoms with E-state index >= 15 is 0 Å². The largest absolute Gasteiger partial charge is 0.438 e. The summed E-state index contributed by atoms with van der Waals surface area (Å²) in [4.78, 5) is 4.27. The van der Waals surface area contributed by atoms with Crippen molar-refractivity contribution in [2.24, 2.45) is 0 Å². The molecular formula is C18H13NO. The van der Waals surface area contributed by atoms with E-state index in [1.807, 2.05) is 12.1 Å². The molecule has 0 saturated heterocycles. The second-order valence-electron chi connectivity index (χ2n) is 5.04. The number of aromatic nitrogens is 1. The van der Waals surface area contributed by atoms with Crippen molar-refractivity contribution in [3.63, 3.8) is 0 Å². The molecule has 0 atom stereocenters. The molecule has 0 radical (unpaired) electrons. The minimum absolute atomic E-state index is 0.698. The monoisotopic (exact) mass is 259 g/mol. The van der Waals surface area contributed by atoms with Gasteiger partial charge in [-0.05, 0) is 42.3 Å². The first-order valence-corrected chi connectivity index (χ1v) is 6.65. The lowest BCUT2D eigenvalue weighted by molar-refractivity contribution is 0.654. The summed E-state index contributed by atoms with van der Waals surface area (Å²) in [6.07, 6.45) is 1.76. The maximum absolute atomic E-state index is 5.83. The highest BCUT2D eigenvalue weighted by molar-refractivity contribution is 6.04. The summed E-state index contributed by atoms with van der Waals surface area (Å²) in [5.74, 6) is 0. The number of hydrogen-bond donors (Lipinski definition) is 0. The molecule has 4 rings (SSSR count). The van der Waals surface area contributed by atoms with Crippen LogP contribution in [0.2, 0.25) is 0 Å². The van der Waals surface area contributed by atoms with Gasteiger partial charge in [0.2, 0.25) is 5.71 Å². The Hall–Kier alpha value is -2.61. The topological polar surface area (TPSA) is 26.0 Å². The Bertz CT molecular complexity index is 904. The molecule has 0 aliphatic rings. The van der Waals surface area contributed by atoms with Gasteiger partial charge < -0.3 is 4.42 Å². The SMILES string of the molecule is Cc1ccc(-c2ccc3c(c2)oc2ncccc23)cc1. The Balaban J connectivity index is 1.94. The van der Waals surface area contributed by atoms with Gasteiger partial charge in [-0.15, -0.1) is 0 Å². The molecule has 2 aromatic carbocycles. The van der Waals surface area contributed by atoms with Crippen LogP contribution in [-0.4, -0.2) is 4.98 Å². The van der Waals surface area contributed by atoms with Gasteiger partial charge >= 0.3 is 0 Å². The van der Waals surface area contributed by atoms with Crippen LogP contribution in [-0.2, 0) is 0 Å². The quantitative estimate of drug-likeness (QED) is 0.483. The van der Waals surface area contributed by atoms with Crippen molar-refractivity contribution in [2.75, 3.05) is 0 Å². The van der Waals surface area contributed by atoms with Gasteiger partial charge in [0.15, 0.2) is 0 Å². The first kappa shape index (κ1) is 11.2. The molecule has 2 heterocycles. The summed E-state index contributed by atoms with van der Waals surface area (Å²) in [6, 6.07) is 18.8.